The number of hydrogen-bond acceptors (Lipinski definition) is 4. The fourth-order valence-electron chi connectivity index (χ4n) is 3.17. The molecule has 4 aromatic rings. The molecule has 2 aromatic heterocycles. The van der Waals surface area contributed by atoms with Crippen LogP contribution in [-0.4, -0.2) is 30.2 Å². The molecule has 0 bridgehead atoms. The van der Waals surface area contributed by atoms with E-state index in [0.717, 1.165) is 5.56 Å². The summed E-state index contributed by atoms with van der Waals surface area (Å²) in [5.41, 5.74) is 2.97. The van der Waals surface area contributed by atoms with Crippen LogP contribution < -0.4 is 10.2 Å². The number of aromatic amines is 2. The lowest BCUT2D eigenvalue weighted by molar-refractivity contribution is 0.0595. The molecule has 0 saturated carbocycles. The van der Waals surface area contributed by atoms with E-state index in [1.807, 2.05) is 30.3 Å². The summed E-state index contributed by atoms with van der Waals surface area (Å²) < 4.78 is 10.2. The van der Waals surface area contributed by atoms with Gasteiger partial charge in [0.15, 0.2) is 5.43 Å². The molecule has 2 N–H and O–H groups in total. The fraction of sp³-hybridized carbons (Fsp3) is 0.100. The van der Waals surface area contributed by atoms with Crippen LogP contribution in [0.15, 0.2) is 53.3 Å². The molecule has 0 saturated heterocycles. The Kier molecular flexibility index (Phi) is 3.73. The maximum Gasteiger partial charge on any atom is 0.354 e. The van der Waals surface area contributed by atoms with Crippen molar-refractivity contribution in [3.63, 3.8) is 0 Å². The molecular formula is C20H16N2O4. The summed E-state index contributed by atoms with van der Waals surface area (Å²) >= 11 is 0. The molecule has 0 aliphatic rings. The minimum Gasteiger partial charge on any atom is -0.494 e. The van der Waals surface area contributed by atoms with Gasteiger partial charge in [0.25, 0.3) is 0 Å². The molecule has 0 unspecified atom stereocenters. The van der Waals surface area contributed by atoms with E-state index in [4.69, 9.17) is 9.47 Å². The lowest BCUT2D eigenvalue weighted by atomic mass is 10.1. The van der Waals surface area contributed by atoms with E-state index in [9.17, 15) is 9.59 Å². The summed E-state index contributed by atoms with van der Waals surface area (Å²) in [6, 6.07) is 14.5. The lowest BCUT2D eigenvalue weighted by Crippen LogP contribution is -2.04. The zero-order valence-electron chi connectivity index (χ0n) is 14.3. The summed E-state index contributed by atoms with van der Waals surface area (Å²) in [4.78, 5) is 31.0. The maximum atomic E-state index is 12.8. The number of esters is 1. The second-order valence-electron chi connectivity index (χ2n) is 5.88. The Morgan fingerprint density at radius 3 is 2.46 bits per heavy atom. The zero-order valence-corrected chi connectivity index (χ0v) is 14.3. The van der Waals surface area contributed by atoms with Crippen molar-refractivity contribution in [3.8, 4) is 17.0 Å². The van der Waals surface area contributed by atoms with Gasteiger partial charge in [0.2, 0.25) is 0 Å². The molecule has 0 radical (unpaired) electrons. The Hall–Kier alpha value is -3.54. The predicted octanol–water partition coefficient (Wildman–Crippen LogP) is 3.47. The first-order valence-electron chi connectivity index (χ1n) is 8.03. The van der Waals surface area contributed by atoms with Gasteiger partial charge in [-0.05, 0) is 11.6 Å². The van der Waals surface area contributed by atoms with Gasteiger partial charge < -0.3 is 19.4 Å². The van der Waals surface area contributed by atoms with Gasteiger partial charge >= 0.3 is 5.97 Å². The van der Waals surface area contributed by atoms with E-state index in [1.165, 1.54) is 7.11 Å². The topological polar surface area (TPSA) is 84.2 Å². The van der Waals surface area contributed by atoms with E-state index in [2.05, 4.69) is 9.97 Å². The number of ether oxygens (including phenoxy) is 2. The molecular weight excluding hydrogens is 332 g/mol. The molecule has 0 spiro atoms. The number of fused-ring (bicyclic) bond motifs is 3. The number of benzene rings is 2. The van der Waals surface area contributed by atoms with Crippen molar-refractivity contribution in [3.05, 3.63) is 64.4 Å². The van der Waals surface area contributed by atoms with Crippen LogP contribution >= 0.6 is 0 Å². The van der Waals surface area contributed by atoms with Crippen molar-refractivity contribution < 1.29 is 14.3 Å². The van der Waals surface area contributed by atoms with Gasteiger partial charge in [-0.15, -0.1) is 0 Å². The van der Waals surface area contributed by atoms with Gasteiger partial charge in [0.1, 0.15) is 11.4 Å². The highest BCUT2D eigenvalue weighted by molar-refractivity contribution is 6.11. The Balaban J connectivity index is 2.06. The number of methoxy groups -OCH3 is 2. The molecule has 0 fully saturated rings. The number of carbonyl (C=O) groups excluding carboxylic acids is 1. The molecule has 6 heteroatoms. The Bertz CT molecular complexity index is 1190. The van der Waals surface area contributed by atoms with Crippen molar-refractivity contribution in [2.75, 3.05) is 14.2 Å². The molecule has 26 heavy (non-hydrogen) atoms. The van der Waals surface area contributed by atoms with Crippen molar-refractivity contribution >= 4 is 27.8 Å². The Labute approximate surface area is 148 Å². The van der Waals surface area contributed by atoms with E-state index in [1.54, 1.807) is 25.3 Å². The highest BCUT2D eigenvalue weighted by atomic mass is 16.5. The normalized spacial score (nSPS) is 11.0. The third kappa shape index (κ3) is 2.43. The number of pyridine rings is 1. The van der Waals surface area contributed by atoms with Gasteiger partial charge in [-0.3, -0.25) is 4.79 Å². The second-order valence-corrected chi connectivity index (χ2v) is 5.88. The highest BCUT2D eigenvalue weighted by Gasteiger charge is 2.17. The van der Waals surface area contributed by atoms with Crippen LogP contribution in [-0.2, 0) is 4.74 Å². The monoisotopic (exact) mass is 348 g/mol. The zero-order chi connectivity index (χ0) is 18.3. The standard InChI is InChI=1S/C20H16N2O4/c1-25-17-10-14-18(12-8-15(20(24)26-2)22-19(12)17)16(23)9-13(21-14)11-6-4-3-5-7-11/h3-10,22H,1-2H3,(H,21,23). The van der Waals surface area contributed by atoms with Crippen molar-refractivity contribution in [1.29, 1.82) is 0 Å². The first kappa shape index (κ1) is 16.0. The molecule has 0 aliphatic heterocycles. The maximum absolute atomic E-state index is 12.8. The third-order valence-electron chi connectivity index (χ3n) is 4.38. The number of nitrogens with one attached hydrogen (secondary N) is 2. The molecule has 0 atom stereocenters. The van der Waals surface area contributed by atoms with Gasteiger partial charge in [-0.25, -0.2) is 4.79 Å². The van der Waals surface area contributed by atoms with Crippen LogP contribution in [0.3, 0.4) is 0 Å². The highest BCUT2D eigenvalue weighted by Crippen LogP contribution is 2.32. The van der Waals surface area contributed by atoms with E-state index >= 15 is 0 Å². The number of H-pyrrole nitrogens is 2. The quantitative estimate of drug-likeness (QED) is 0.555. The van der Waals surface area contributed by atoms with Crippen LogP contribution in [0.4, 0.5) is 0 Å². The summed E-state index contributed by atoms with van der Waals surface area (Å²) in [7, 11) is 2.85. The molecule has 2 heterocycles. The largest absolute Gasteiger partial charge is 0.494 e. The second kappa shape index (κ2) is 6.07. The smallest absolute Gasteiger partial charge is 0.354 e. The van der Waals surface area contributed by atoms with Crippen LogP contribution in [0.5, 0.6) is 5.75 Å². The van der Waals surface area contributed by atoms with Crippen LogP contribution in [0.25, 0.3) is 33.1 Å². The molecule has 6 nitrogen and oxygen atoms in total. The van der Waals surface area contributed by atoms with Crippen molar-refractivity contribution in [1.82, 2.24) is 9.97 Å². The third-order valence-corrected chi connectivity index (χ3v) is 4.38. The minimum absolute atomic E-state index is 0.138. The van der Waals surface area contributed by atoms with Crippen LogP contribution in [0.2, 0.25) is 0 Å². The molecule has 0 amide bonds. The SMILES string of the molecule is COC(=O)c1cc2c([nH]1)c(OC)cc1[nH]c(-c3ccccc3)cc(=O)c12. The number of aromatic nitrogens is 2. The molecule has 4 rings (SSSR count). The predicted molar refractivity (Wildman–Crippen MR) is 99.8 cm³/mol. The number of hydrogen-bond donors (Lipinski definition) is 2. The first-order chi connectivity index (χ1) is 12.6. The molecule has 2 aromatic carbocycles. The average Bonchev–Trinajstić information content (AvgIpc) is 3.12. The fourth-order valence-corrected chi connectivity index (χ4v) is 3.17. The first-order valence-corrected chi connectivity index (χ1v) is 8.03. The van der Waals surface area contributed by atoms with Crippen molar-refractivity contribution in [2.45, 2.75) is 0 Å². The summed E-state index contributed by atoms with van der Waals surface area (Å²) in [5, 5.41) is 1.10. The summed E-state index contributed by atoms with van der Waals surface area (Å²) in [5.74, 6) is 0.0252. The Morgan fingerprint density at radius 1 is 1.00 bits per heavy atom. The number of rotatable bonds is 3. The minimum atomic E-state index is -0.506. The van der Waals surface area contributed by atoms with Crippen LogP contribution in [0.1, 0.15) is 10.5 Å². The summed E-state index contributed by atoms with van der Waals surface area (Å²) in [6.45, 7) is 0. The van der Waals surface area contributed by atoms with Gasteiger partial charge in [-0.1, -0.05) is 30.3 Å². The van der Waals surface area contributed by atoms with Gasteiger partial charge in [-0.2, -0.15) is 0 Å². The molecule has 0 aliphatic carbocycles. The van der Waals surface area contributed by atoms with Gasteiger partial charge in [0, 0.05) is 23.2 Å². The van der Waals surface area contributed by atoms with Crippen LogP contribution in [0, 0.1) is 0 Å². The lowest BCUT2D eigenvalue weighted by Gasteiger charge is -2.08. The average molecular weight is 348 g/mol. The van der Waals surface area contributed by atoms with Gasteiger partial charge in [0.05, 0.1) is 30.6 Å². The van der Waals surface area contributed by atoms with E-state index in [0.29, 0.717) is 33.2 Å². The number of carbonyl (C=O) groups is 1. The van der Waals surface area contributed by atoms with Crippen molar-refractivity contribution in [2.24, 2.45) is 0 Å². The van der Waals surface area contributed by atoms with E-state index < -0.39 is 5.97 Å². The summed E-state index contributed by atoms with van der Waals surface area (Å²) in [6.07, 6.45) is 0. The molecule has 130 valence electrons. The van der Waals surface area contributed by atoms with E-state index in [-0.39, 0.29) is 11.1 Å². The Morgan fingerprint density at radius 2 is 1.77 bits per heavy atom.